The largest absolute Gasteiger partial charge is 0.497 e. The van der Waals surface area contributed by atoms with Gasteiger partial charge in [0.15, 0.2) is 5.96 Å². The summed E-state index contributed by atoms with van der Waals surface area (Å²) in [5.74, 6) is 0.741. The summed E-state index contributed by atoms with van der Waals surface area (Å²) in [6.07, 6.45) is 0. The maximum absolute atomic E-state index is 12.9. The van der Waals surface area contributed by atoms with E-state index in [2.05, 4.69) is 20.9 Å². The fourth-order valence-electron chi connectivity index (χ4n) is 2.15. The smallest absolute Gasteiger partial charge is 0.243 e. The van der Waals surface area contributed by atoms with Crippen LogP contribution in [0.5, 0.6) is 5.75 Å². The van der Waals surface area contributed by atoms with Gasteiger partial charge in [0.1, 0.15) is 11.6 Å². The summed E-state index contributed by atoms with van der Waals surface area (Å²) in [7, 11) is 1.62. The third-order valence-corrected chi connectivity index (χ3v) is 3.47. The van der Waals surface area contributed by atoms with Crippen molar-refractivity contribution in [2.45, 2.75) is 13.5 Å². The van der Waals surface area contributed by atoms with Gasteiger partial charge in [0, 0.05) is 12.2 Å². The molecule has 0 aromatic heterocycles. The molecule has 1 amide bonds. The number of carbonyl (C=O) groups excluding carboxylic acids is 1. The van der Waals surface area contributed by atoms with Gasteiger partial charge < -0.3 is 20.7 Å². The molecule has 27 heavy (non-hydrogen) atoms. The molecule has 2 aromatic rings. The molecule has 0 saturated heterocycles. The van der Waals surface area contributed by atoms with Gasteiger partial charge in [-0.05, 0) is 48.9 Å². The Kier molecular flexibility index (Phi) is 10.2. The Hall–Kier alpha value is -2.36. The van der Waals surface area contributed by atoms with E-state index in [0.29, 0.717) is 24.7 Å². The minimum Gasteiger partial charge on any atom is -0.497 e. The molecule has 2 aromatic carbocycles. The van der Waals surface area contributed by atoms with Crippen molar-refractivity contribution in [2.24, 2.45) is 4.99 Å². The van der Waals surface area contributed by atoms with Crippen LogP contribution < -0.4 is 20.7 Å². The molecule has 3 N–H and O–H groups in total. The van der Waals surface area contributed by atoms with Gasteiger partial charge >= 0.3 is 0 Å². The van der Waals surface area contributed by atoms with Crippen LogP contribution >= 0.6 is 24.0 Å². The molecule has 8 heteroatoms. The Morgan fingerprint density at radius 2 is 1.74 bits per heavy atom. The van der Waals surface area contributed by atoms with Gasteiger partial charge in [-0.15, -0.1) is 24.0 Å². The number of carbonyl (C=O) groups is 1. The van der Waals surface area contributed by atoms with Crippen LogP contribution in [0.3, 0.4) is 0 Å². The highest BCUT2D eigenvalue weighted by atomic mass is 127. The second kappa shape index (κ2) is 12.1. The highest BCUT2D eigenvalue weighted by Crippen LogP contribution is 2.11. The Balaban J connectivity index is 0.00000364. The molecule has 0 aliphatic heterocycles. The van der Waals surface area contributed by atoms with Crippen molar-refractivity contribution in [2.75, 3.05) is 25.5 Å². The van der Waals surface area contributed by atoms with Gasteiger partial charge in [-0.3, -0.25) is 4.79 Å². The second-order valence-electron chi connectivity index (χ2n) is 5.45. The Morgan fingerprint density at radius 3 is 2.33 bits per heavy atom. The molecule has 0 saturated carbocycles. The number of nitrogens with one attached hydrogen (secondary N) is 3. The van der Waals surface area contributed by atoms with Crippen LogP contribution in [0.1, 0.15) is 12.5 Å². The lowest BCUT2D eigenvalue weighted by atomic mass is 10.2. The number of halogens is 2. The van der Waals surface area contributed by atoms with Crippen LogP contribution in [0.15, 0.2) is 53.5 Å². The lowest BCUT2D eigenvalue weighted by Gasteiger charge is -2.11. The Labute approximate surface area is 175 Å². The highest BCUT2D eigenvalue weighted by molar-refractivity contribution is 14.0. The minimum atomic E-state index is -0.346. The summed E-state index contributed by atoms with van der Waals surface area (Å²) in [5, 5.41) is 8.75. The first kappa shape index (κ1) is 22.7. The summed E-state index contributed by atoms with van der Waals surface area (Å²) < 4.78 is 18.0. The van der Waals surface area contributed by atoms with Gasteiger partial charge in [0.2, 0.25) is 5.91 Å². The van der Waals surface area contributed by atoms with Gasteiger partial charge in [-0.25, -0.2) is 9.38 Å². The molecule has 0 atom stereocenters. The van der Waals surface area contributed by atoms with Crippen molar-refractivity contribution in [3.8, 4) is 5.75 Å². The maximum atomic E-state index is 12.9. The average Bonchev–Trinajstić information content (AvgIpc) is 2.66. The van der Waals surface area contributed by atoms with E-state index in [9.17, 15) is 9.18 Å². The lowest BCUT2D eigenvalue weighted by molar-refractivity contribution is -0.115. The number of anilines is 1. The molecule has 0 radical (unpaired) electrons. The Bertz CT molecular complexity index is 736. The summed E-state index contributed by atoms with van der Waals surface area (Å²) in [6.45, 7) is 3.14. The van der Waals surface area contributed by atoms with E-state index in [1.807, 2.05) is 31.2 Å². The van der Waals surface area contributed by atoms with Crippen molar-refractivity contribution in [1.82, 2.24) is 10.6 Å². The van der Waals surface area contributed by atoms with Crippen LogP contribution in [0.25, 0.3) is 0 Å². The first-order chi connectivity index (χ1) is 12.6. The van der Waals surface area contributed by atoms with Crippen molar-refractivity contribution in [1.29, 1.82) is 0 Å². The normalized spacial score (nSPS) is 10.6. The molecule has 0 bridgehead atoms. The highest BCUT2D eigenvalue weighted by Gasteiger charge is 2.05. The summed E-state index contributed by atoms with van der Waals surface area (Å²) in [5.41, 5.74) is 1.57. The van der Waals surface area contributed by atoms with Gasteiger partial charge in [0.25, 0.3) is 0 Å². The van der Waals surface area contributed by atoms with Gasteiger partial charge in [-0.2, -0.15) is 0 Å². The predicted molar refractivity (Wildman–Crippen MR) is 116 cm³/mol. The first-order valence-corrected chi connectivity index (χ1v) is 8.31. The van der Waals surface area contributed by atoms with E-state index in [-0.39, 0.29) is 42.2 Å². The molecule has 0 unspecified atom stereocenters. The van der Waals surface area contributed by atoms with Crippen LogP contribution in [0, 0.1) is 5.82 Å². The molecule has 146 valence electrons. The number of aliphatic imine (C=N–C) groups is 1. The zero-order chi connectivity index (χ0) is 18.8. The average molecular weight is 486 g/mol. The summed E-state index contributed by atoms with van der Waals surface area (Å²) in [6, 6.07) is 13.2. The molecule has 0 spiro atoms. The summed E-state index contributed by atoms with van der Waals surface area (Å²) >= 11 is 0. The number of benzene rings is 2. The van der Waals surface area contributed by atoms with Crippen molar-refractivity contribution in [3.63, 3.8) is 0 Å². The van der Waals surface area contributed by atoms with Crippen LogP contribution in [-0.2, 0) is 11.3 Å². The topological polar surface area (TPSA) is 74.8 Å². The molecule has 2 rings (SSSR count). The number of hydrogen-bond donors (Lipinski definition) is 3. The van der Waals surface area contributed by atoms with Crippen LogP contribution in [0.4, 0.5) is 10.1 Å². The molecule has 0 fully saturated rings. The molecule has 0 aliphatic rings. The molecule has 0 heterocycles. The number of methoxy groups -OCH3 is 1. The number of nitrogens with zero attached hydrogens (tertiary/aromatic N) is 1. The van der Waals surface area contributed by atoms with E-state index >= 15 is 0 Å². The van der Waals surface area contributed by atoms with E-state index < -0.39 is 0 Å². The fraction of sp³-hybridized carbons (Fsp3) is 0.263. The number of ether oxygens (including phenoxy) is 1. The Morgan fingerprint density at radius 1 is 1.07 bits per heavy atom. The standard InChI is InChI=1S/C19H23FN4O2.HI/c1-3-21-19(22-12-14-4-10-17(26-2)11-5-14)23-13-18(25)24-16-8-6-15(20)7-9-16;/h4-11H,3,12-13H2,1-2H3,(H,24,25)(H2,21,22,23);1H. The predicted octanol–water partition coefficient (Wildman–Crippen LogP) is 3.15. The van der Waals surface area contributed by atoms with Crippen molar-refractivity contribution in [3.05, 3.63) is 59.9 Å². The zero-order valence-corrected chi connectivity index (χ0v) is 17.6. The van der Waals surface area contributed by atoms with E-state index in [1.165, 1.54) is 24.3 Å². The molecule has 0 aliphatic carbocycles. The first-order valence-electron chi connectivity index (χ1n) is 8.31. The zero-order valence-electron chi connectivity index (χ0n) is 15.3. The van der Waals surface area contributed by atoms with Gasteiger partial charge in [-0.1, -0.05) is 12.1 Å². The van der Waals surface area contributed by atoms with Crippen LogP contribution in [-0.4, -0.2) is 32.1 Å². The van der Waals surface area contributed by atoms with Crippen LogP contribution in [0.2, 0.25) is 0 Å². The quantitative estimate of drug-likeness (QED) is 0.320. The number of guanidine groups is 1. The fourth-order valence-corrected chi connectivity index (χ4v) is 2.15. The maximum Gasteiger partial charge on any atom is 0.243 e. The second-order valence-corrected chi connectivity index (χ2v) is 5.45. The van der Waals surface area contributed by atoms with E-state index in [1.54, 1.807) is 7.11 Å². The van der Waals surface area contributed by atoms with Crippen molar-refractivity contribution >= 4 is 41.5 Å². The third kappa shape index (κ3) is 8.25. The molecular weight excluding hydrogens is 462 g/mol. The van der Waals surface area contributed by atoms with Gasteiger partial charge in [0.05, 0.1) is 20.2 Å². The number of hydrogen-bond acceptors (Lipinski definition) is 3. The van der Waals surface area contributed by atoms with E-state index in [4.69, 9.17) is 4.74 Å². The lowest BCUT2D eigenvalue weighted by Crippen LogP contribution is -2.41. The minimum absolute atomic E-state index is 0. The SMILES string of the molecule is CCNC(=NCc1ccc(OC)cc1)NCC(=O)Nc1ccc(F)cc1.I. The number of amides is 1. The summed E-state index contributed by atoms with van der Waals surface area (Å²) in [4.78, 5) is 16.4. The molecular formula is C19H24FIN4O2. The van der Waals surface area contributed by atoms with E-state index in [0.717, 1.165) is 11.3 Å². The monoisotopic (exact) mass is 486 g/mol. The third-order valence-electron chi connectivity index (χ3n) is 3.47. The van der Waals surface area contributed by atoms with Crippen molar-refractivity contribution < 1.29 is 13.9 Å². The molecule has 6 nitrogen and oxygen atoms in total. The number of rotatable bonds is 7.